The van der Waals surface area contributed by atoms with Crippen LogP contribution in [0.25, 0.3) is 0 Å². The summed E-state index contributed by atoms with van der Waals surface area (Å²) in [5.41, 5.74) is -0.171. The van der Waals surface area contributed by atoms with Crippen LogP contribution in [0.4, 0.5) is 13.2 Å². The number of alkyl halides is 3. The molecule has 2 aromatic rings. The second-order valence-corrected chi connectivity index (χ2v) is 5.12. The first-order chi connectivity index (χ1) is 9.32. The average molecular weight is 349 g/mol. The summed E-state index contributed by atoms with van der Waals surface area (Å²) in [5, 5.41) is 14.1. The Morgan fingerprint density at radius 2 is 2.05 bits per heavy atom. The molecule has 1 aromatic carbocycles. The van der Waals surface area contributed by atoms with Crippen molar-refractivity contribution in [3.63, 3.8) is 0 Å². The quantitative estimate of drug-likeness (QED) is 0.916. The van der Waals surface area contributed by atoms with E-state index in [1.54, 1.807) is 10.9 Å². The number of hydrogen-bond acceptors (Lipinski definition) is 2. The van der Waals surface area contributed by atoms with E-state index in [9.17, 15) is 18.3 Å². The minimum Gasteiger partial charge on any atom is -0.384 e. The van der Waals surface area contributed by atoms with Gasteiger partial charge in [0.15, 0.2) is 0 Å². The molecule has 1 unspecified atom stereocenters. The molecule has 7 heteroatoms. The monoisotopic (exact) mass is 348 g/mol. The van der Waals surface area contributed by atoms with Crippen molar-refractivity contribution in [2.75, 3.05) is 0 Å². The van der Waals surface area contributed by atoms with Crippen molar-refractivity contribution in [1.29, 1.82) is 0 Å². The van der Waals surface area contributed by atoms with E-state index in [0.29, 0.717) is 12.1 Å². The number of nitrogens with zero attached hydrogens (tertiary/aromatic N) is 2. The number of aryl methyl sites for hydroxylation is 1. The Bertz CT molecular complexity index is 610. The van der Waals surface area contributed by atoms with Crippen LogP contribution < -0.4 is 0 Å². The lowest BCUT2D eigenvalue weighted by Crippen LogP contribution is -2.08. The maximum Gasteiger partial charge on any atom is 0.417 e. The second kappa shape index (κ2) is 5.57. The number of aliphatic hydroxyl groups is 1. The molecule has 1 heterocycles. The topological polar surface area (TPSA) is 38.0 Å². The molecule has 0 saturated heterocycles. The zero-order valence-electron chi connectivity index (χ0n) is 10.5. The molecule has 1 atom stereocenters. The van der Waals surface area contributed by atoms with E-state index in [0.717, 1.165) is 6.07 Å². The minimum absolute atomic E-state index is 0.0507. The zero-order valence-corrected chi connectivity index (χ0v) is 12.1. The van der Waals surface area contributed by atoms with Crippen molar-refractivity contribution in [1.82, 2.24) is 9.78 Å². The Morgan fingerprint density at radius 1 is 1.35 bits per heavy atom. The van der Waals surface area contributed by atoms with Gasteiger partial charge in [0.1, 0.15) is 6.10 Å². The van der Waals surface area contributed by atoms with Gasteiger partial charge in [-0.2, -0.15) is 18.3 Å². The van der Waals surface area contributed by atoms with Crippen LogP contribution in [0.3, 0.4) is 0 Å². The number of hydrogen-bond donors (Lipinski definition) is 1. The van der Waals surface area contributed by atoms with Crippen molar-refractivity contribution in [3.8, 4) is 0 Å². The molecule has 1 aromatic heterocycles. The molecule has 0 aliphatic carbocycles. The van der Waals surface area contributed by atoms with Gasteiger partial charge in [-0.3, -0.25) is 4.68 Å². The molecule has 0 bridgehead atoms. The largest absolute Gasteiger partial charge is 0.417 e. The number of rotatable bonds is 3. The van der Waals surface area contributed by atoms with Gasteiger partial charge >= 0.3 is 6.18 Å². The maximum atomic E-state index is 12.8. The van der Waals surface area contributed by atoms with Crippen LogP contribution >= 0.6 is 15.9 Å². The predicted molar refractivity (Wildman–Crippen MR) is 71.1 cm³/mol. The highest BCUT2D eigenvalue weighted by Gasteiger charge is 2.33. The van der Waals surface area contributed by atoms with Crippen molar-refractivity contribution in [2.24, 2.45) is 0 Å². The number of benzene rings is 1. The fourth-order valence-corrected chi connectivity index (χ4v) is 2.29. The van der Waals surface area contributed by atoms with Crippen LogP contribution in [0, 0.1) is 0 Å². The van der Waals surface area contributed by atoms with Gasteiger partial charge < -0.3 is 5.11 Å². The number of halogens is 4. The molecule has 20 heavy (non-hydrogen) atoms. The summed E-state index contributed by atoms with van der Waals surface area (Å²) < 4.78 is 40.0. The summed E-state index contributed by atoms with van der Waals surface area (Å²) in [4.78, 5) is 0. The molecule has 0 radical (unpaired) electrons. The summed E-state index contributed by atoms with van der Waals surface area (Å²) in [7, 11) is 0. The Morgan fingerprint density at radius 3 is 2.60 bits per heavy atom. The molecule has 108 valence electrons. The highest BCUT2D eigenvalue weighted by Crippen LogP contribution is 2.37. The van der Waals surface area contributed by atoms with Crippen molar-refractivity contribution >= 4 is 15.9 Å². The van der Waals surface area contributed by atoms with Crippen LogP contribution in [0.15, 0.2) is 35.1 Å². The van der Waals surface area contributed by atoms with E-state index in [4.69, 9.17) is 0 Å². The molecule has 0 aliphatic rings. The van der Waals surface area contributed by atoms with E-state index in [1.807, 2.05) is 6.92 Å². The molecule has 1 N–H and O–H groups in total. The first-order valence-electron chi connectivity index (χ1n) is 5.90. The van der Waals surface area contributed by atoms with Crippen LogP contribution in [0.2, 0.25) is 0 Å². The summed E-state index contributed by atoms with van der Waals surface area (Å²) in [6, 6.07) is 3.68. The van der Waals surface area contributed by atoms with Crippen LogP contribution in [0.1, 0.15) is 29.7 Å². The van der Waals surface area contributed by atoms with Crippen molar-refractivity contribution in [3.05, 3.63) is 51.8 Å². The molecular formula is C13H12BrF3N2O. The Labute approximate surface area is 122 Å². The smallest absolute Gasteiger partial charge is 0.384 e. The lowest BCUT2D eigenvalue weighted by molar-refractivity contribution is -0.138. The van der Waals surface area contributed by atoms with Crippen LogP contribution in [-0.2, 0) is 12.7 Å². The summed E-state index contributed by atoms with van der Waals surface area (Å²) in [5.74, 6) is 0. The van der Waals surface area contributed by atoms with Gasteiger partial charge in [-0.25, -0.2) is 0 Å². The summed E-state index contributed by atoms with van der Waals surface area (Å²) in [6.45, 7) is 2.51. The van der Waals surface area contributed by atoms with E-state index >= 15 is 0 Å². The Hall–Kier alpha value is -1.34. The first kappa shape index (κ1) is 15.1. The van der Waals surface area contributed by atoms with E-state index in [-0.39, 0.29) is 10.0 Å². The van der Waals surface area contributed by atoms with Crippen molar-refractivity contribution < 1.29 is 18.3 Å². The normalized spacial score (nSPS) is 13.5. The van der Waals surface area contributed by atoms with Crippen LogP contribution in [0.5, 0.6) is 0 Å². The Kier molecular flexibility index (Phi) is 4.19. The van der Waals surface area contributed by atoms with E-state index in [1.165, 1.54) is 18.3 Å². The van der Waals surface area contributed by atoms with Gasteiger partial charge in [0, 0.05) is 22.8 Å². The number of aromatic nitrogens is 2. The lowest BCUT2D eigenvalue weighted by Gasteiger charge is -2.14. The molecular weight excluding hydrogens is 337 g/mol. The molecule has 0 aliphatic heterocycles. The third-order valence-electron chi connectivity index (χ3n) is 2.90. The van der Waals surface area contributed by atoms with Crippen molar-refractivity contribution in [2.45, 2.75) is 25.7 Å². The fraction of sp³-hybridized carbons (Fsp3) is 0.308. The van der Waals surface area contributed by atoms with Gasteiger partial charge in [0.25, 0.3) is 0 Å². The predicted octanol–water partition coefficient (Wildman–Crippen LogP) is 3.77. The van der Waals surface area contributed by atoms with Gasteiger partial charge in [0.2, 0.25) is 0 Å². The zero-order chi connectivity index (χ0) is 14.9. The van der Waals surface area contributed by atoms with E-state index < -0.39 is 17.8 Å². The molecule has 0 saturated carbocycles. The standard InChI is InChI=1S/C13H12BrF3N2O/c1-2-19-7-9(6-18-19)12(20)8-3-4-11(14)10(5-8)13(15,16)17/h3-7,12,20H,2H2,1H3. The van der Waals surface area contributed by atoms with Gasteiger partial charge in [-0.15, -0.1) is 0 Å². The molecule has 2 rings (SSSR count). The lowest BCUT2D eigenvalue weighted by atomic mass is 10.0. The minimum atomic E-state index is -4.47. The van der Waals surface area contributed by atoms with Gasteiger partial charge in [0.05, 0.1) is 11.8 Å². The molecule has 0 fully saturated rings. The Balaban J connectivity index is 2.37. The highest BCUT2D eigenvalue weighted by molar-refractivity contribution is 9.10. The molecule has 0 amide bonds. The van der Waals surface area contributed by atoms with Gasteiger partial charge in [-0.05, 0) is 24.6 Å². The summed E-state index contributed by atoms with van der Waals surface area (Å²) >= 11 is 2.87. The second-order valence-electron chi connectivity index (χ2n) is 4.27. The van der Waals surface area contributed by atoms with E-state index in [2.05, 4.69) is 21.0 Å². The average Bonchev–Trinajstić information content (AvgIpc) is 2.86. The fourth-order valence-electron chi connectivity index (χ4n) is 1.82. The van der Waals surface area contributed by atoms with Crippen LogP contribution in [-0.4, -0.2) is 14.9 Å². The number of aliphatic hydroxyl groups excluding tert-OH is 1. The first-order valence-corrected chi connectivity index (χ1v) is 6.69. The summed E-state index contributed by atoms with van der Waals surface area (Å²) in [6.07, 6.45) is -2.55. The molecule has 3 nitrogen and oxygen atoms in total. The SMILES string of the molecule is CCn1cc(C(O)c2ccc(Br)c(C(F)(F)F)c2)cn1. The molecule has 0 spiro atoms. The highest BCUT2D eigenvalue weighted by atomic mass is 79.9. The third-order valence-corrected chi connectivity index (χ3v) is 3.60. The van der Waals surface area contributed by atoms with Gasteiger partial charge in [-0.1, -0.05) is 22.0 Å². The maximum absolute atomic E-state index is 12.8. The third kappa shape index (κ3) is 3.04.